The molecule has 11 nitrogen and oxygen atoms in total. The number of halogens is 1. The minimum atomic E-state index is -1.81. The average Bonchev–Trinajstić information content (AvgIpc) is 2.56. The molecule has 1 heterocycles. The number of urea groups is 1. The Bertz CT molecular complexity index is 443. The van der Waals surface area contributed by atoms with Gasteiger partial charge in [0.15, 0.2) is 12.5 Å². The summed E-state index contributed by atoms with van der Waals surface area (Å²) in [5.74, 6) is 0.0408. The summed E-state index contributed by atoms with van der Waals surface area (Å²) in [7, 11) is 0. The molecule has 0 bridgehead atoms. The van der Waals surface area contributed by atoms with E-state index in [0.717, 1.165) is 0 Å². The van der Waals surface area contributed by atoms with Crippen molar-refractivity contribution in [3.05, 3.63) is 4.91 Å². The van der Waals surface area contributed by atoms with E-state index in [9.17, 15) is 30.1 Å². The molecule has 1 saturated heterocycles. The third kappa shape index (κ3) is 5.99. The maximum absolute atomic E-state index is 11.8. The number of ether oxygens (including phenoxy) is 2. The number of hydrogen-bond acceptors (Lipinski definition) is 9. The van der Waals surface area contributed by atoms with Crippen molar-refractivity contribution in [2.75, 3.05) is 19.0 Å². The number of nitrogens with zero attached hydrogens (tertiary/aromatic N) is 2. The summed E-state index contributed by atoms with van der Waals surface area (Å²) in [5, 5.41) is 44.7. The number of amides is 2. The molecule has 1 unspecified atom stereocenters. The summed E-state index contributed by atoms with van der Waals surface area (Å²) in [4.78, 5) is 22.3. The lowest BCUT2D eigenvalue weighted by atomic mass is 9.98. The van der Waals surface area contributed by atoms with Crippen molar-refractivity contribution in [3.8, 4) is 0 Å². The molecule has 1 aliphatic heterocycles. The van der Waals surface area contributed by atoms with Crippen molar-refractivity contribution < 1.29 is 34.7 Å². The molecule has 1 fully saturated rings. The largest absolute Gasteiger partial charge is 0.387 e. The van der Waals surface area contributed by atoms with E-state index in [1.54, 1.807) is 0 Å². The monoisotopic (exact) mass is 385 g/mol. The number of nitrogens with one attached hydrogen (secondary N) is 1. The summed E-state index contributed by atoms with van der Waals surface area (Å²) in [6.45, 7) is 3.70. The van der Waals surface area contributed by atoms with Gasteiger partial charge in [-0.3, -0.25) is 0 Å². The predicted octanol–water partition coefficient (Wildman–Crippen LogP) is -1.28. The molecule has 0 aromatic rings. The molecule has 5 N–H and O–H groups in total. The van der Waals surface area contributed by atoms with Crippen molar-refractivity contribution in [1.82, 2.24) is 10.3 Å². The number of carbonyl (C=O) groups is 1. The van der Waals surface area contributed by atoms with E-state index in [4.69, 9.17) is 21.1 Å². The van der Waals surface area contributed by atoms with Crippen LogP contribution in [-0.4, -0.2) is 87.4 Å². The second kappa shape index (κ2) is 10.2. The zero-order valence-corrected chi connectivity index (χ0v) is 14.6. The van der Waals surface area contributed by atoms with Gasteiger partial charge >= 0.3 is 6.03 Å². The number of rotatable bonds is 8. The van der Waals surface area contributed by atoms with Crippen LogP contribution < -0.4 is 5.32 Å². The van der Waals surface area contributed by atoms with Gasteiger partial charge in [-0.25, -0.2) is 4.79 Å². The van der Waals surface area contributed by atoms with Gasteiger partial charge in [-0.1, -0.05) is 13.8 Å². The molecule has 0 saturated carbocycles. The Balaban J connectivity index is 2.75. The molecule has 0 aromatic carbocycles. The molecule has 25 heavy (non-hydrogen) atoms. The quantitative estimate of drug-likeness (QED) is 0.149. The lowest BCUT2D eigenvalue weighted by molar-refractivity contribution is -0.312. The Kier molecular flexibility index (Phi) is 8.93. The molecule has 6 atom stereocenters. The maximum atomic E-state index is 11.8. The van der Waals surface area contributed by atoms with E-state index in [1.165, 1.54) is 0 Å². The summed E-state index contributed by atoms with van der Waals surface area (Å²) in [6, 6.07) is -1.07. The van der Waals surface area contributed by atoms with Gasteiger partial charge in [-0.15, -0.1) is 16.5 Å². The molecular formula is C13H24ClN3O8. The second-order valence-corrected chi connectivity index (χ2v) is 6.33. The van der Waals surface area contributed by atoms with Crippen LogP contribution in [0.1, 0.15) is 13.8 Å². The van der Waals surface area contributed by atoms with Crippen LogP contribution in [0.15, 0.2) is 5.29 Å². The number of hydrogen-bond donors (Lipinski definition) is 5. The van der Waals surface area contributed by atoms with Gasteiger partial charge in [-0.2, -0.15) is 5.01 Å². The smallest absolute Gasteiger partial charge is 0.342 e. The first-order valence-corrected chi connectivity index (χ1v) is 8.23. The lowest BCUT2D eigenvalue weighted by Gasteiger charge is -2.42. The van der Waals surface area contributed by atoms with Crippen molar-refractivity contribution >= 4 is 17.6 Å². The molecule has 0 radical (unpaired) electrons. The predicted molar refractivity (Wildman–Crippen MR) is 85.2 cm³/mol. The van der Waals surface area contributed by atoms with Gasteiger partial charge in [0.25, 0.3) is 0 Å². The Morgan fingerprint density at radius 1 is 1.32 bits per heavy atom. The van der Waals surface area contributed by atoms with Crippen LogP contribution in [-0.2, 0) is 9.47 Å². The van der Waals surface area contributed by atoms with E-state index in [-0.39, 0.29) is 24.9 Å². The van der Waals surface area contributed by atoms with Crippen molar-refractivity contribution in [2.24, 2.45) is 11.2 Å². The van der Waals surface area contributed by atoms with Crippen molar-refractivity contribution in [2.45, 2.75) is 50.8 Å². The zero-order valence-electron chi connectivity index (χ0n) is 13.9. The molecule has 12 heteroatoms. The Morgan fingerprint density at radius 2 is 1.96 bits per heavy atom. The first-order chi connectivity index (χ1) is 11.7. The van der Waals surface area contributed by atoms with Crippen LogP contribution in [0.2, 0.25) is 0 Å². The van der Waals surface area contributed by atoms with Gasteiger partial charge in [-0.05, 0) is 5.92 Å². The van der Waals surface area contributed by atoms with Gasteiger partial charge in [0.05, 0.1) is 18.4 Å². The molecule has 1 rings (SSSR count). The first kappa shape index (κ1) is 22.0. The SMILES string of the molecule is CC(C)CO[C@H]1O[C@H](C(O)NC(=O)N(CCCl)N=O)[C@H](O)[C@H](O)[C@@H]1O. The van der Waals surface area contributed by atoms with Crippen LogP contribution in [0.5, 0.6) is 0 Å². The fourth-order valence-corrected chi connectivity index (χ4v) is 2.26. The van der Waals surface area contributed by atoms with Crippen LogP contribution in [0.3, 0.4) is 0 Å². The van der Waals surface area contributed by atoms with Crippen LogP contribution in [0.4, 0.5) is 4.79 Å². The van der Waals surface area contributed by atoms with E-state index in [1.807, 2.05) is 19.2 Å². The Hall–Kier alpha value is -1.08. The van der Waals surface area contributed by atoms with E-state index >= 15 is 0 Å². The summed E-state index contributed by atoms with van der Waals surface area (Å²) < 4.78 is 10.6. The molecule has 146 valence electrons. The standard InChI is InChI=1S/C13H24ClN3O8/c1-6(2)5-24-12-9(20)7(18)8(19)10(25-12)11(21)15-13(22)17(16-23)4-3-14/h6-12,18-21H,3-5H2,1-2H3,(H,15,22)/t7-,8+,9-,10-,11?,12-/m0/s1. The van der Waals surface area contributed by atoms with Crippen molar-refractivity contribution in [3.63, 3.8) is 0 Å². The number of nitroso groups, excluding NO2 is 1. The van der Waals surface area contributed by atoms with E-state index < -0.39 is 43.0 Å². The highest BCUT2D eigenvalue weighted by atomic mass is 35.5. The highest BCUT2D eigenvalue weighted by molar-refractivity contribution is 6.18. The number of aliphatic hydroxyl groups is 4. The highest BCUT2D eigenvalue weighted by Gasteiger charge is 2.47. The molecule has 2 amide bonds. The van der Waals surface area contributed by atoms with Crippen LogP contribution >= 0.6 is 11.6 Å². The first-order valence-electron chi connectivity index (χ1n) is 7.69. The summed E-state index contributed by atoms with van der Waals surface area (Å²) in [5.41, 5.74) is 0. The molecule has 0 aliphatic carbocycles. The number of alkyl halides is 1. The molecular weight excluding hydrogens is 362 g/mol. The van der Waals surface area contributed by atoms with Gasteiger partial charge < -0.3 is 35.2 Å². The second-order valence-electron chi connectivity index (χ2n) is 5.96. The summed E-state index contributed by atoms with van der Waals surface area (Å²) in [6.07, 6.45) is -9.57. The average molecular weight is 386 g/mol. The van der Waals surface area contributed by atoms with Gasteiger partial charge in [0.1, 0.15) is 24.4 Å². The lowest BCUT2D eigenvalue weighted by Crippen LogP contribution is -2.64. The normalized spacial score (nSPS) is 30.8. The minimum absolute atomic E-state index is 0.0617. The fraction of sp³-hybridized carbons (Fsp3) is 0.923. The molecule has 0 aromatic heterocycles. The number of aliphatic hydroxyl groups excluding tert-OH is 4. The third-order valence-electron chi connectivity index (χ3n) is 3.41. The van der Waals surface area contributed by atoms with Crippen molar-refractivity contribution in [1.29, 1.82) is 0 Å². The Morgan fingerprint density at radius 3 is 2.48 bits per heavy atom. The van der Waals surface area contributed by atoms with Gasteiger partial charge in [0, 0.05) is 5.88 Å². The molecule has 0 spiro atoms. The zero-order chi connectivity index (χ0) is 19.1. The Labute approximate surface area is 149 Å². The van der Waals surface area contributed by atoms with E-state index in [2.05, 4.69) is 5.29 Å². The molecule has 1 aliphatic rings. The number of carbonyl (C=O) groups excluding carboxylic acids is 1. The topological polar surface area (TPSA) is 161 Å². The fourth-order valence-electron chi connectivity index (χ4n) is 2.10. The third-order valence-corrected chi connectivity index (χ3v) is 3.58. The van der Waals surface area contributed by atoms with E-state index in [0.29, 0.717) is 5.01 Å². The highest BCUT2D eigenvalue weighted by Crippen LogP contribution is 2.24. The minimum Gasteiger partial charge on any atom is -0.387 e. The van der Waals surface area contributed by atoms with Crippen LogP contribution in [0.25, 0.3) is 0 Å². The maximum Gasteiger partial charge on any atom is 0.342 e. The van der Waals surface area contributed by atoms with Gasteiger partial charge in [0.2, 0.25) is 0 Å². The summed E-state index contributed by atoms with van der Waals surface area (Å²) >= 11 is 5.42. The van der Waals surface area contributed by atoms with Crippen LogP contribution in [0, 0.1) is 10.8 Å².